The third-order valence-electron chi connectivity index (χ3n) is 0. The molecule has 0 heterocycles. The third kappa shape index (κ3) is 120. The van der Waals surface area contributed by atoms with Crippen LogP contribution in [-0.4, -0.2) is 0 Å². The van der Waals surface area contributed by atoms with Crippen molar-refractivity contribution in [2.45, 2.75) is 0 Å². The first kappa shape index (κ1) is 200. The van der Waals surface area contributed by atoms with Crippen molar-refractivity contribution in [2.24, 2.45) is 0 Å². The van der Waals surface area contributed by atoms with E-state index in [-0.39, 0.29) is 111 Å². The van der Waals surface area contributed by atoms with Crippen molar-refractivity contribution < 1.29 is 111 Å². The summed E-state index contributed by atoms with van der Waals surface area (Å²) in [7, 11) is 0. The van der Waals surface area contributed by atoms with Crippen LogP contribution in [0.2, 0.25) is 0 Å². The summed E-state index contributed by atoms with van der Waals surface area (Å²) in [5.74, 6) is 0. The molecule has 9 heteroatoms. The van der Waals surface area contributed by atoms with Crippen LogP contribution >= 0.6 is 0 Å². The zero-order valence-corrected chi connectivity index (χ0v) is 13.5. The van der Waals surface area contributed by atoms with Crippen LogP contribution < -0.4 is 0 Å². The molecular weight excluding hydrogens is 644 g/mol. The summed E-state index contributed by atoms with van der Waals surface area (Å²) in [5.41, 5.74) is 0. The van der Waals surface area contributed by atoms with Gasteiger partial charge in [0.05, 0.1) is 0 Å². The van der Waals surface area contributed by atoms with Crippen molar-refractivity contribution in [3.05, 3.63) is 0 Å². The van der Waals surface area contributed by atoms with Crippen LogP contribution in [0.15, 0.2) is 0 Å². The van der Waals surface area contributed by atoms with Crippen molar-refractivity contribution >= 4 is 0 Å². The Labute approximate surface area is 110 Å². The largest absolute Gasteiger partial charge is 5.00 e. The fourth-order valence-corrected chi connectivity index (χ4v) is 0. The zero-order valence-electron chi connectivity index (χ0n) is 3.64. The summed E-state index contributed by atoms with van der Waals surface area (Å²) < 4.78 is 0. The summed E-state index contributed by atoms with van der Waals surface area (Å²) in [4.78, 5) is 0. The van der Waals surface area contributed by atoms with Gasteiger partial charge in [0.15, 0.2) is 0 Å². The molecule has 0 aromatic carbocycles. The Morgan fingerprint density at radius 1 is 0.333 bits per heavy atom. The Hall–Kier alpha value is 2.53. The minimum absolute atomic E-state index is 0. The van der Waals surface area contributed by atoms with Gasteiger partial charge in [0.2, 0.25) is 0 Å². The molecule has 0 rings (SSSR count). The van der Waals surface area contributed by atoms with Crippen LogP contribution in [0, 0.1) is 0 Å². The molecule has 0 saturated carbocycles. The average molecular weight is 644 g/mol. The first-order valence-corrected chi connectivity index (χ1v) is 0. The van der Waals surface area contributed by atoms with Crippen LogP contribution in [0.4, 0.5) is 0 Å². The van der Waals surface area contributed by atoms with Crippen LogP contribution in [0.3, 0.4) is 0 Å². The van der Waals surface area contributed by atoms with Gasteiger partial charge in [-0.05, 0) is 0 Å². The maximum Gasteiger partial charge on any atom is 5.00 e. The van der Waals surface area contributed by atoms with Crippen molar-refractivity contribution in [1.82, 2.24) is 0 Å². The van der Waals surface area contributed by atoms with Crippen molar-refractivity contribution in [3.63, 3.8) is 0 Å². The molecule has 0 aromatic rings. The van der Waals surface area contributed by atoms with Crippen LogP contribution in [0.5, 0.6) is 0 Å². The molecule has 0 bridgehead atoms. The monoisotopic (exact) mass is 646 g/mol. The second-order valence-electron chi connectivity index (χ2n) is 0. The van der Waals surface area contributed by atoms with Gasteiger partial charge in [-0.25, -0.2) is 0 Å². The Kier molecular flexibility index (Phi) is 3320. The van der Waals surface area contributed by atoms with E-state index < -0.39 is 0 Å². The van der Waals surface area contributed by atoms with Gasteiger partial charge in [0.25, 0.3) is 0 Å². The molecule has 9 heavy (non-hydrogen) atoms. The molecule has 0 amide bonds. The Morgan fingerprint density at radius 2 is 0.333 bits per heavy atom. The van der Waals surface area contributed by atoms with Gasteiger partial charge in [-0.2, -0.15) is 0 Å². The number of hydrogen-bond acceptors (Lipinski definition) is 0. The van der Waals surface area contributed by atoms with E-state index in [0.29, 0.717) is 0 Å². The SMILES string of the molecule is [O-2].[O-2].[O-2].[O-2].[O-2].[Ru].[Ru].[Ta+5].[Ta+5]. The molecule has 0 saturated heterocycles. The Balaban J connectivity index is 0. The van der Waals surface area contributed by atoms with Gasteiger partial charge >= 0.3 is 44.8 Å². The minimum atomic E-state index is 0. The summed E-state index contributed by atoms with van der Waals surface area (Å²) in [6.45, 7) is 0. The fourth-order valence-electron chi connectivity index (χ4n) is 0. The molecule has 0 fully saturated rings. The second-order valence-corrected chi connectivity index (χ2v) is 0. The van der Waals surface area contributed by atoms with Gasteiger partial charge in [-0.3, -0.25) is 0 Å². The molecule has 56 valence electrons. The molecule has 0 radical (unpaired) electrons. The van der Waals surface area contributed by atoms with Gasteiger partial charge < -0.3 is 27.4 Å². The minimum Gasteiger partial charge on any atom is -2.00 e. The molecule has 0 spiro atoms. The number of rotatable bonds is 0. The fraction of sp³-hybridized carbons (Fsp3) is 0. The van der Waals surface area contributed by atoms with Gasteiger partial charge in [0, 0.05) is 39.0 Å². The van der Waals surface area contributed by atoms with Crippen LogP contribution in [-0.2, 0) is 111 Å². The van der Waals surface area contributed by atoms with Gasteiger partial charge in [-0.15, -0.1) is 0 Å². The molecular formula is O5Ru2Ta2. The smallest absolute Gasteiger partial charge is 2.00 e. The molecule has 0 aliphatic carbocycles. The molecule has 0 aliphatic heterocycles. The third-order valence-corrected chi connectivity index (χ3v) is 0. The first-order valence-electron chi connectivity index (χ1n) is 0. The predicted molar refractivity (Wildman–Crippen MR) is 3.43 cm³/mol. The van der Waals surface area contributed by atoms with E-state index in [2.05, 4.69) is 0 Å². The molecule has 0 aromatic heterocycles. The number of hydrogen-bond donors (Lipinski definition) is 0. The summed E-state index contributed by atoms with van der Waals surface area (Å²) in [5, 5.41) is 0. The van der Waals surface area contributed by atoms with E-state index in [1.807, 2.05) is 0 Å². The standard InChI is InChI=1S/5O.2Ru.2Ta/q5*-2;;;2*+5. The quantitative estimate of drug-likeness (QED) is 0.311. The summed E-state index contributed by atoms with van der Waals surface area (Å²) in [6, 6.07) is 0. The Bertz CT molecular complexity index is 12.9. The molecule has 0 N–H and O–H groups in total. The normalized spacial score (nSPS) is 0. The van der Waals surface area contributed by atoms with E-state index in [9.17, 15) is 0 Å². The maximum atomic E-state index is 0. The van der Waals surface area contributed by atoms with Crippen LogP contribution in [0.1, 0.15) is 0 Å². The summed E-state index contributed by atoms with van der Waals surface area (Å²) in [6.07, 6.45) is 0. The molecule has 5 nitrogen and oxygen atoms in total. The molecule has 0 atom stereocenters. The van der Waals surface area contributed by atoms with Crippen LogP contribution in [0.25, 0.3) is 0 Å². The van der Waals surface area contributed by atoms with E-state index in [0.717, 1.165) is 0 Å². The van der Waals surface area contributed by atoms with Gasteiger partial charge in [0.1, 0.15) is 0 Å². The average Bonchev–Trinajstić information content (AvgIpc) is 0. The first-order chi connectivity index (χ1) is 0. The topological polar surface area (TPSA) is 142 Å². The van der Waals surface area contributed by atoms with Crippen molar-refractivity contribution in [3.8, 4) is 0 Å². The molecule has 0 aliphatic rings. The van der Waals surface area contributed by atoms with E-state index in [4.69, 9.17) is 0 Å². The maximum absolute atomic E-state index is 0. The predicted octanol–water partition coefficient (Wildman–Crippen LogP) is -0.604. The van der Waals surface area contributed by atoms with E-state index in [1.165, 1.54) is 0 Å². The van der Waals surface area contributed by atoms with E-state index >= 15 is 0 Å². The zero-order chi connectivity index (χ0) is 0. The van der Waals surface area contributed by atoms with Gasteiger partial charge in [-0.1, -0.05) is 0 Å². The van der Waals surface area contributed by atoms with Crippen molar-refractivity contribution in [2.75, 3.05) is 0 Å². The molecule has 0 unspecified atom stereocenters. The Morgan fingerprint density at radius 3 is 0.333 bits per heavy atom. The van der Waals surface area contributed by atoms with E-state index in [1.54, 1.807) is 0 Å². The second kappa shape index (κ2) is 150. The van der Waals surface area contributed by atoms with Crippen molar-refractivity contribution in [1.29, 1.82) is 0 Å². The summed E-state index contributed by atoms with van der Waals surface area (Å²) >= 11 is 0.